The van der Waals surface area contributed by atoms with E-state index in [1.807, 2.05) is 0 Å². The lowest BCUT2D eigenvalue weighted by molar-refractivity contribution is -0.142. The summed E-state index contributed by atoms with van der Waals surface area (Å²) in [5.41, 5.74) is 4.70. The van der Waals surface area contributed by atoms with E-state index in [-0.39, 0.29) is 5.97 Å². The summed E-state index contributed by atoms with van der Waals surface area (Å²) in [5, 5.41) is 0. The van der Waals surface area contributed by atoms with Gasteiger partial charge in [0.1, 0.15) is 0 Å². The van der Waals surface area contributed by atoms with Crippen molar-refractivity contribution in [3.63, 3.8) is 0 Å². The number of aryl methyl sites for hydroxylation is 3. The number of ether oxygens (including phenoxy) is 1. The summed E-state index contributed by atoms with van der Waals surface area (Å²) in [4.78, 5) is 11.7. The van der Waals surface area contributed by atoms with Gasteiger partial charge in [0.05, 0.1) is 13.0 Å². The molecule has 0 amide bonds. The Hall–Kier alpha value is -1.31. The maximum absolute atomic E-state index is 11.7. The standard InChI is InChI=1S/C15H22O2/c1-5-6-7-17-15(16)10-14-12(3)8-11(2)9-13(14)4/h8-9H,5-7,10H2,1-4H3. The van der Waals surface area contributed by atoms with Crippen LogP contribution >= 0.6 is 0 Å². The first-order chi connectivity index (χ1) is 8.04. The van der Waals surface area contributed by atoms with Crippen molar-refractivity contribution in [1.82, 2.24) is 0 Å². The number of hydrogen-bond acceptors (Lipinski definition) is 2. The van der Waals surface area contributed by atoms with Crippen LogP contribution in [-0.4, -0.2) is 12.6 Å². The van der Waals surface area contributed by atoms with E-state index in [2.05, 4.69) is 39.8 Å². The predicted octanol–water partition coefficient (Wildman–Crippen LogP) is 3.50. The largest absolute Gasteiger partial charge is 0.465 e. The molecule has 17 heavy (non-hydrogen) atoms. The van der Waals surface area contributed by atoms with Crippen LogP contribution in [0, 0.1) is 20.8 Å². The minimum absolute atomic E-state index is 0.117. The third-order valence-electron chi connectivity index (χ3n) is 2.92. The Balaban J connectivity index is 2.65. The smallest absolute Gasteiger partial charge is 0.310 e. The van der Waals surface area contributed by atoms with Crippen LogP contribution in [0.25, 0.3) is 0 Å². The quantitative estimate of drug-likeness (QED) is 0.576. The molecule has 0 heterocycles. The molecule has 0 aliphatic heterocycles. The highest BCUT2D eigenvalue weighted by molar-refractivity contribution is 5.73. The maximum Gasteiger partial charge on any atom is 0.310 e. The van der Waals surface area contributed by atoms with Crippen molar-refractivity contribution in [1.29, 1.82) is 0 Å². The number of carbonyl (C=O) groups is 1. The van der Waals surface area contributed by atoms with Gasteiger partial charge in [0, 0.05) is 0 Å². The summed E-state index contributed by atoms with van der Waals surface area (Å²) < 4.78 is 5.19. The Morgan fingerprint density at radius 2 is 1.76 bits per heavy atom. The van der Waals surface area contributed by atoms with Gasteiger partial charge in [0.15, 0.2) is 0 Å². The van der Waals surface area contributed by atoms with E-state index in [4.69, 9.17) is 4.74 Å². The number of benzene rings is 1. The maximum atomic E-state index is 11.7. The average molecular weight is 234 g/mol. The molecule has 2 nitrogen and oxygen atoms in total. The fourth-order valence-corrected chi connectivity index (χ4v) is 2.01. The molecule has 94 valence electrons. The lowest BCUT2D eigenvalue weighted by atomic mass is 9.97. The van der Waals surface area contributed by atoms with Crippen LogP contribution in [-0.2, 0) is 16.0 Å². The monoisotopic (exact) mass is 234 g/mol. The SMILES string of the molecule is CCCCOC(=O)Cc1c(C)cc(C)cc1C. The molecule has 0 fully saturated rings. The molecule has 0 saturated heterocycles. The van der Waals surface area contributed by atoms with Gasteiger partial charge in [-0.1, -0.05) is 31.0 Å². The Labute approximate surface area is 104 Å². The topological polar surface area (TPSA) is 26.3 Å². The molecule has 0 aliphatic rings. The number of unbranched alkanes of at least 4 members (excludes halogenated alkanes) is 1. The van der Waals surface area contributed by atoms with Gasteiger partial charge >= 0.3 is 5.97 Å². The summed E-state index contributed by atoms with van der Waals surface area (Å²) in [6, 6.07) is 4.23. The van der Waals surface area contributed by atoms with Crippen LogP contribution in [0.1, 0.15) is 42.0 Å². The minimum Gasteiger partial charge on any atom is -0.465 e. The van der Waals surface area contributed by atoms with Crippen LogP contribution in [0.4, 0.5) is 0 Å². The van der Waals surface area contributed by atoms with E-state index in [0.29, 0.717) is 13.0 Å². The van der Waals surface area contributed by atoms with Gasteiger partial charge in [-0.25, -0.2) is 0 Å². The molecule has 1 rings (SSSR count). The summed E-state index contributed by atoms with van der Waals surface area (Å²) in [7, 11) is 0. The summed E-state index contributed by atoms with van der Waals surface area (Å²) >= 11 is 0. The van der Waals surface area contributed by atoms with Gasteiger partial charge in [-0.3, -0.25) is 4.79 Å². The van der Waals surface area contributed by atoms with E-state index in [1.165, 1.54) is 16.7 Å². The van der Waals surface area contributed by atoms with Crippen LogP contribution in [0.15, 0.2) is 12.1 Å². The van der Waals surface area contributed by atoms with Crippen LogP contribution in [0.3, 0.4) is 0 Å². The Kier molecular flexibility index (Phi) is 5.20. The van der Waals surface area contributed by atoms with Gasteiger partial charge in [0.25, 0.3) is 0 Å². The Morgan fingerprint density at radius 1 is 1.18 bits per heavy atom. The van der Waals surface area contributed by atoms with Crippen molar-refractivity contribution < 1.29 is 9.53 Å². The molecule has 0 N–H and O–H groups in total. The van der Waals surface area contributed by atoms with E-state index in [1.54, 1.807) is 0 Å². The lowest BCUT2D eigenvalue weighted by Gasteiger charge is -2.11. The van der Waals surface area contributed by atoms with Crippen molar-refractivity contribution in [2.45, 2.75) is 47.0 Å². The van der Waals surface area contributed by atoms with E-state index < -0.39 is 0 Å². The zero-order chi connectivity index (χ0) is 12.8. The lowest BCUT2D eigenvalue weighted by Crippen LogP contribution is -2.11. The molecule has 1 aromatic rings. The molecule has 0 atom stereocenters. The molecule has 1 aromatic carbocycles. The van der Waals surface area contributed by atoms with Crippen LogP contribution in [0.2, 0.25) is 0 Å². The van der Waals surface area contributed by atoms with Gasteiger partial charge in [-0.05, 0) is 43.9 Å². The molecule has 0 aromatic heterocycles. The molecule has 0 radical (unpaired) electrons. The zero-order valence-electron chi connectivity index (χ0n) is 11.3. The number of rotatable bonds is 5. The summed E-state index contributed by atoms with van der Waals surface area (Å²) in [6.45, 7) is 8.80. The molecular formula is C15H22O2. The van der Waals surface area contributed by atoms with Crippen molar-refractivity contribution in [3.05, 3.63) is 34.4 Å². The third-order valence-corrected chi connectivity index (χ3v) is 2.92. The molecular weight excluding hydrogens is 212 g/mol. The van der Waals surface area contributed by atoms with Crippen molar-refractivity contribution in [3.8, 4) is 0 Å². The van der Waals surface area contributed by atoms with Gasteiger partial charge < -0.3 is 4.74 Å². The minimum atomic E-state index is -0.117. The van der Waals surface area contributed by atoms with E-state index >= 15 is 0 Å². The predicted molar refractivity (Wildman–Crippen MR) is 70.2 cm³/mol. The average Bonchev–Trinajstić information content (AvgIpc) is 2.24. The van der Waals surface area contributed by atoms with Crippen LogP contribution in [0.5, 0.6) is 0 Å². The van der Waals surface area contributed by atoms with Crippen LogP contribution < -0.4 is 0 Å². The van der Waals surface area contributed by atoms with E-state index in [9.17, 15) is 4.79 Å². The van der Waals surface area contributed by atoms with Crippen molar-refractivity contribution in [2.24, 2.45) is 0 Å². The molecule has 2 heteroatoms. The zero-order valence-corrected chi connectivity index (χ0v) is 11.3. The van der Waals surface area contributed by atoms with Crippen molar-refractivity contribution >= 4 is 5.97 Å². The van der Waals surface area contributed by atoms with E-state index in [0.717, 1.165) is 18.4 Å². The summed E-state index contributed by atoms with van der Waals surface area (Å²) in [6.07, 6.45) is 2.38. The third kappa shape index (κ3) is 4.22. The van der Waals surface area contributed by atoms with Gasteiger partial charge in [-0.2, -0.15) is 0 Å². The first-order valence-electron chi connectivity index (χ1n) is 6.27. The highest BCUT2D eigenvalue weighted by atomic mass is 16.5. The number of hydrogen-bond donors (Lipinski definition) is 0. The molecule has 0 unspecified atom stereocenters. The summed E-state index contributed by atoms with van der Waals surface area (Å²) in [5.74, 6) is -0.117. The molecule has 0 spiro atoms. The first-order valence-corrected chi connectivity index (χ1v) is 6.27. The highest BCUT2D eigenvalue weighted by Gasteiger charge is 2.10. The molecule has 0 aliphatic carbocycles. The van der Waals surface area contributed by atoms with Crippen molar-refractivity contribution in [2.75, 3.05) is 6.61 Å². The molecule has 0 bridgehead atoms. The second-order valence-corrected chi connectivity index (χ2v) is 4.63. The second kappa shape index (κ2) is 6.43. The Morgan fingerprint density at radius 3 is 2.29 bits per heavy atom. The fourth-order valence-electron chi connectivity index (χ4n) is 2.01. The fraction of sp³-hybridized carbons (Fsp3) is 0.533. The second-order valence-electron chi connectivity index (χ2n) is 4.63. The normalized spacial score (nSPS) is 10.4. The highest BCUT2D eigenvalue weighted by Crippen LogP contribution is 2.17. The number of carbonyl (C=O) groups excluding carboxylic acids is 1. The number of esters is 1. The first kappa shape index (κ1) is 13.8. The Bertz CT molecular complexity index is 371. The van der Waals surface area contributed by atoms with Gasteiger partial charge in [-0.15, -0.1) is 0 Å². The molecule has 0 saturated carbocycles. The van der Waals surface area contributed by atoms with Gasteiger partial charge in [0.2, 0.25) is 0 Å².